The predicted octanol–water partition coefficient (Wildman–Crippen LogP) is 4.00. The molecular formula is C17H13BrF2N4O3. The third-order valence-corrected chi connectivity index (χ3v) is 4.10. The number of hydrogen-bond acceptors (Lipinski definition) is 6. The van der Waals surface area contributed by atoms with Gasteiger partial charge in [0.15, 0.2) is 0 Å². The Morgan fingerprint density at radius 1 is 1.30 bits per heavy atom. The van der Waals surface area contributed by atoms with Crippen molar-refractivity contribution in [1.29, 1.82) is 0 Å². The van der Waals surface area contributed by atoms with Gasteiger partial charge in [-0.1, -0.05) is 15.9 Å². The van der Waals surface area contributed by atoms with E-state index in [0.717, 1.165) is 4.47 Å². The number of halogens is 3. The summed E-state index contributed by atoms with van der Waals surface area (Å²) in [6.45, 7) is 0.188. The van der Waals surface area contributed by atoms with E-state index in [4.69, 9.17) is 9.15 Å². The molecule has 3 rings (SSSR count). The van der Waals surface area contributed by atoms with Crippen LogP contribution in [0, 0.1) is 0 Å². The highest BCUT2D eigenvalue weighted by Gasteiger charge is 2.18. The number of aromatic nitrogens is 3. The van der Waals surface area contributed by atoms with E-state index in [1.54, 1.807) is 30.3 Å². The fraction of sp³-hybridized carbons (Fsp3) is 0.176. The molecule has 0 N–H and O–H groups in total. The molecule has 2 aromatic heterocycles. The summed E-state index contributed by atoms with van der Waals surface area (Å²) in [5.74, 6) is -0.270. The Morgan fingerprint density at radius 2 is 2.11 bits per heavy atom. The summed E-state index contributed by atoms with van der Waals surface area (Å²) in [5.41, 5.74) is 1.56. The van der Waals surface area contributed by atoms with Crippen LogP contribution in [0.3, 0.4) is 0 Å². The number of anilines is 1. The summed E-state index contributed by atoms with van der Waals surface area (Å²) in [5, 5.41) is 6.84. The second-order valence-corrected chi connectivity index (χ2v) is 6.25. The molecule has 0 atom stereocenters. The number of hydrogen-bond donors (Lipinski definition) is 0. The summed E-state index contributed by atoms with van der Waals surface area (Å²) in [6, 6.07) is 8.53. The van der Waals surface area contributed by atoms with Crippen LogP contribution in [0.2, 0.25) is 0 Å². The minimum Gasteiger partial charge on any atom is -0.495 e. The summed E-state index contributed by atoms with van der Waals surface area (Å²) >= 11 is 3.35. The average molecular weight is 439 g/mol. The van der Waals surface area contributed by atoms with Crippen LogP contribution < -0.4 is 9.64 Å². The highest BCUT2D eigenvalue weighted by Crippen LogP contribution is 2.31. The Bertz CT molecular complexity index is 934. The van der Waals surface area contributed by atoms with Crippen molar-refractivity contribution in [1.82, 2.24) is 15.2 Å². The van der Waals surface area contributed by atoms with E-state index in [9.17, 15) is 13.6 Å². The average Bonchev–Trinajstić information content (AvgIpc) is 3.17. The van der Waals surface area contributed by atoms with Crippen LogP contribution in [-0.4, -0.2) is 28.7 Å². The number of amides is 1. The van der Waals surface area contributed by atoms with E-state index in [0.29, 0.717) is 29.1 Å². The molecule has 0 aliphatic rings. The molecule has 0 unspecified atom stereocenters. The van der Waals surface area contributed by atoms with Crippen molar-refractivity contribution < 1.29 is 22.7 Å². The lowest BCUT2D eigenvalue weighted by atomic mass is 10.2. The zero-order valence-electron chi connectivity index (χ0n) is 14.0. The molecular weight excluding hydrogens is 426 g/mol. The van der Waals surface area contributed by atoms with Crippen LogP contribution in [0.15, 0.2) is 45.4 Å². The van der Waals surface area contributed by atoms with Gasteiger partial charge in [-0.15, -0.1) is 10.2 Å². The van der Waals surface area contributed by atoms with Gasteiger partial charge in [-0.25, -0.2) is 0 Å². The standard InChI is InChI=1S/C17H13BrF2N4O3/c1-26-14-6-11(18)3-5-13(14)24(9-25)8-12-4-2-10(7-21-12)16-22-23-17(27-16)15(19)20/h2-7,9,15H,8H2,1H3. The van der Waals surface area contributed by atoms with Crippen LogP contribution in [0.1, 0.15) is 18.0 Å². The molecule has 0 fully saturated rings. The lowest BCUT2D eigenvalue weighted by molar-refractivity contribution is -0.107. The minimum absolute atomic E-state index is 0.0498. The maximum atomic E-state index is 12.5. The minimum atomic E-state index is -2.83. The fourth-order valence-electron chi connectivity index (χ4n) is 2.33. The van der Waals surface area contributed by atoms with Crippen molar-refractivity contribution in [3.05, 3.63) is 52.6 Å². The number of rotatable bonds is 7. The van der Waals surface area contributed by atoms with E-state index in [2.05, 4.69) is 31.1 Å². The number of carbonyl (C=O) groups excluding carboxylic acids is 1. The van der Waals surface area contributed by atoms with Crippen LogP contribution in [-0.2, 0) is 11.3 Å². The topological polar surface area (TPSA) is 81.4 Å². The number of carbonyl (C=O) groups is 1. The lowest BCUT2D eigenvalue weighted by Gasteiger charge is -2.20. The van der Waals surface area contributed by atoms with Gasteiger partial charge in [-0.2, -0.15) is 8.78 Å². The molecule has 0 radical (unpaired) electrons. The van der Waals surface area contributed by atoms with Crippen molar-refractivity contribution in [2.24, 2.45) is 0 Å². The van der Waals surface area contributed by atoms with Crippen LogP contribution in [0.4, 0.5) is 14.5 Å². The first kappa shape index (κ1) is 18.9. The Morgan fingerprint density at radius 3 is 2.70 bits per heavy atom. The quantitative estimate of drug-likeness (QED) is 0.518. The molecule has 140 valence electrons. The summed E-state index contributed by atoms with van der Waals surface area (Å²) < 4.78 is 36.1. The number of methoxy groups -OCH3 is 1. The molecule has 0 saturated heterocycles. The van der Waals surface area contributed by atoms with E-state index in [1.807, 2.05) is 0 Å². The van der Waals surface area contributed by atoms with Gasteiger partial charge in [0.05, 0.1) is 30.6 Å². The van der Waals surface area contributed by atoms with Gasteiger partial charge in [0.1, 0.15) is 5.75 Å². The molecule has 2 heterocycles. The van der Waals surface area contributed by atoms with Gasteiger partial charge >= 0.3 is 6.43 Å². The SMILES string of the molecule is COc1cc(Br)ccc1N(C=O)Cc1ccc(-c2nnc(C(F)F)o2)cn1. The molecule has 0 saturated carbocycles. The Hall–Kier alpha value is -2.88. The molecule has 0 spiro atoms. The highest BCUT2D eigenvalue weighted by atomic mass is 79.9. The van der Waals surface area contributed by atoms with E-state index >= 15 is 0 Å². The Labute approximate surface area is 161 Å². The summed E-state index contributed by atoms with van der Waals surface area (Å²) in [7, 11) is 1.51. The van der Waals surface area contributed by atoms with Crippen LogP contribution >= 0.6 is 15.9 Å². The van der Waals surface area contributed by atoms with Gasteiger partial charge in [0.25, 0.3) is 5.89 Å². The first-order valence-electron chi connectivity index (χ1n) is 7.64. The number of nitrogens with zero attached hydrogens (tertiary/aromatic N) is 4. The molecule has 10 heteroatoms. The highest BCUT2D eigenvalue weighted by molar-refractivity contribution is 9.10. The number of pyridine rings is 1. The summed E-state index contributed by atoms with van der Waals surface area (Å²) in [6.07, 6.45) is -0.741. The molecule has 1 amide bonds. The molecule has 0 aliphatic heterocycles. The van der Waals surface area contributed by atoms with Crippen molar-refractivity contribution in [3.8, 4) is 17.2 Å². The van der Waals surface area contributed by atoms with Crippen LogP contribution in [0.25, 0.3) is 11.5 Å². The van der Waals surface area contributed by atoms with Crippen molar-refractivity contribution in [2.45, 2.75) is 13.0 Å². The Balaban J connectivity index is 1.79. The van der Waals surface area contributed by atoms with E-state index < -0.39 is 12.3 Å². The van der Waals surface area contributed by atoms with Gasteiger partial charge in [0.2, 0.25) is 12.3 Å². The number of benzene rings is 1. The zero-order valence-corrected chi connectivity index (χ0v) is 15.6. The molecule has 27 heavy (non-hydrogen) atoms. The van der Waals surface area contributed by atoms with Crippen molar-refractivity contribution in [2.75, 3.05) is 12.0 Å². The molecule has 3 aromatic rings. The smallest absolute Gasteiger partial charge is 0.314 e. The molecule has 7 nitrogen and oxygen atoms in total. The van der Waals surface area contributed by atoms with Gasteiger partial charge in [0, 0.05) is 10.7 Å². The molecule has 0 bridgehead atoms. The third-order valence-electron chi connectivity index (χ3n) is 3.61. The van der Waals surface area contributed by atoms with Gasteiger partial charge in [-0.3, -0.25) is 9.78 Å². The number of ether oxygens (including phenoxy) is 1. The predicted molar refractivity (Wildman–Crippen MR) is 95.4 cm³/mol. The maximum absolute atomic E-state index is 12.5. The normalized spacial score (nSPS) is 10.9. The summed E-state index contributed by atoms with van der Waals surface area (Å²) in [4.78, 5) is 17.2. The Kier molecular flexibility index (Phi) is 5.75. The van der Waals surface area contributed by atoms with E-state index in [-0.39, 0.29) is 12.4 Å². The molecule has 0 aliphatic carbocycles. The second kappa shape index (κ2) is 8.21. The van der Waals surface area contributed by atoms with Crippen LogP contribution in [0.5, 0.6) is 5.75 Å². The first-order chi connectivity index (χ1) is 13.0. The monoisotopic (exact) mass is 438 g/mol. The van der Waals surface area contributed by atoms with Gasteiger partial charge < -0.3 is 14.1 Å². The lowest BCUT2D eigenvalue weighted by Crippen LogP contribution is -2.21. The van der Waals surface area contributed by atoms with Crippen molar-refractivity contribution in [3.63, 3.8) is 0 Å². The van der Waals surface area contributed by atoms with Crippen molar-refractivity contribution >= 4 is 28.0 Å². The maximum Gasteiger partial charge on any atom is 0.314 e. The fourth-order valence-corrected chi connectivity index (χ4v) is 2.67. The second-order valence-electron chi connectivity index (χ2n) is 5.33. The number of alkyl halides is 2. The third kappa shape index (κ3) is 4.27. The van der Waals surface area contributed by atoms with Gasteiger partial charge in [-0.05, 0) is 30.3 Å². The zero-order chi connectivity index (χ0) is 19.4. The molecule has 1 aromatic carbocycles. The first-order valence-corrected chi connectivity index (χ1v) is 8.43. The largest absolute Gasteiger partial charge is 0.495 e. The van der Waals surface area contributed by atoms with E-state index in [1.165, 1.54) is 18.2 Å².